The molecule has 2 unspecified atom stereocenters. The van der Waals surface area contributed by atoms with Crippen LogP contribution < -0.4 is 0 Å². The fraction of sp³-hybridized carbons (Fsp3) is 0.308. The number of rotatable bonds is 4. The highest BCUT2D eigenvalue weighted by atomic mass is 32.2. The molecule has 0 fully saturated rings. The molecule has 1 N–H and O–H groups in total. The minimum Gasteiger partial charge on any atom is -0.385 e. The lowest BCUT2D eigenvalue weighted by molar-refractivity contribution is 0.168. The van der Waals surface area contributed by atoms with E-state index < -0.39 is 21.2 Å². The third kappa shape index (κ3) is 2.85. The maximum Gasteiger partial charge on any atom is 0.152 e. The van der Waals surface area contributed by atoms with Crippen molar-refractivity contribution in [3.63, 3.8) is 0 Å². The number of sulfone groups is 1. The molecule has 0 radical (unpaired) electrons. The Bertz CT molecular complexity index is 650. The first-order valence-electron chi connectivity index (χ1n) is 5.87. The van der Waals surface area contributed by atoms with Crippen molar-refractivity contribution in [2.45, 2.75) is 18.3 Å². The summed E-state index contributed by atoms with van der Waals surface area (Å²) in [5, 5.41) is 13.5. The molecule has 2 rings (SSSR count). The first kappa shape index (κ1) is 13.8. The van der Waals surface area contributed by atoms with E-state index >= 15 is 0 Å². The van der Waals surface area contributed by atoms with E-state index in [2.05, 4.69) is 5.10 Å². The normalized spacial score (nSPS) is 15.1. The zero-order chi connectivity index (χ0) is 14.0. The molecule has 0 saturated heterocycles. The summed E-state index contributed by atoms with van der Waals surface area (Å²) in [5.41, 5.74) is 1.24. The average molecular weight is 280 g/mol. The highest BCUT2D eigenvalue weighted by Crippen LogP contribution is 2.23. The Balaban J connectivity index is 2.41. The molecular weight excluding hydrogens is 264 g/mol. The van der Waals surface area contributed by atoms with Crippen molar-refractivity contribution in [2.75, 3.05) is 6.26 Å². The van der Waals surface area contributed by atoms with E-state index in [1.165, 1.54) is 6.92 Å². The van der Waals surface area contributed by atoms with E-state index in [1.54, 1.807) is 16.9 Å². The Kier molecular flexibility index (Phi) is 3.73. The van der Waals surface area contributed by atoms with Crippen molar-refractivity contribution in [1.82, 2.24) is 9.78 Å². The van der Waals surface area contributed by atoms with Crippen LogP contribution in [0.3, 0.4) is 0 Å². The summed E-state index contributed by atoms with van der Waals surface area (Å²) < 4.78 is 24.6. The van der Waals surface area contributed by atoms with Crippen LogP contribution in [0.1, 0.15) is 18.7 Å². The highest BCUT2D eigenvalue weighted by Gasteiger charge is 2.28. The van der Waals surface area contributed by atoms with Gasteiger partial charge in [-0.2, -0.15) is 5.10 Å². The second kappa shape index (κ2) is 5.14. The third-order valence-corrected chi connectivity index (χ3v) is 4.70. The number of para-hydroxylation sites is 1. The number of benzene rings is 1. The Morgan fingerprint density at radius 2 is 1.84 bits per heavy atom. The van der Waals surface area contributed by atoms with Crippen molar-refractivity contribution in [2.24, 2.45) is 0 Å². The first-order valence-corrected chi connectivity index (χ1v) is 7.83. The molecular formula is C13H16N2O3S. The quantitative estimate of drug-likeness (QED) is 0.917. The van der Waals surface area contributed by atoms with Crippen LogP contribution in [0.5, 0.6) is 0 Å². The lowest BCUT2D eigenvalue weighted by Gasteiger charge is -2.18. The van der Waals surface area contributed by atoms with Crippen LogP contribution in [-0.4, -0.2) is 34.8 Å². The first-order chi connectivity index (χ1) is 8.91. The molecule has 0 amide bonds. The van der Waals surface area contributed by atoms with Crippen LogP contribution in [0.15, 0.2) is 42.6 Å². The molecule has 1 aromatic carbocycles. The smallest absolute Gasteiger partial charge is 0.152 e. The molecule has 102 valence electrons. The molecule has 2 atom stereocenters. The second-order valence-electron chi connectivity index (χ2n) is 4.48. The minimum absolute atomic E-state index is 0.462. The fourth-order valence-electron chi connectivity index (χ4n) is 1.80. The predicted octanol–water partition coefficient (Wildman–Crippen LogP) is 1.34. The summed E-state index contributed by atoms with van der Waals surface area (Å²) in [4.78, 5) is 0. The molecule has 6 heteroatoms. The topological polar surface area (TPSA) is 72.2 Å². The summed E-state index contributed by atoms with van der Waals surface area (Å²) in [6.45, 7) is 1.49. The number of aromatic nitrogens is 2. The lowest BCUT2D eigenvalue weighted by Crippen LogP contribution is -2.26. The maximum atomic E-state index is 11.5. The SMILES string of the molecule is CC(C(O)c1ccnn1-c1ccccc1)S(C)(=O)=O. The van der Waals surface area contributed by atoms with Crippen LogP contribution in [0.2, 0.25) is 0 Å². The largest absolute Gasteiger partial charge is 0.385 e. The molecule has 0 spiro atoms. The van der Waals surface area contributed by atoms with Gasteiger partial charge in [0, 0.05) is 12.5 Å². The second-order valence-corrected chi connectivity index (χ2v) is 6.89. The average Bonchev–Trinajstić information content (AvgIpc) is 2.86. The number of hydrogen-bond donors (Lipinski definition) is 1. The molecule has 0 saturated carbocycles. The Morgan fingerprint density at radius 1 is 1.21 bits per heavy atom. The van der Waals surface area contributed by atoms with Gasteiger partial charge in [0.25, 0.3) is 0 Å². The van der Waals surface area contributed by atoms with Crippen LogP contribution in [0.25, 0.3) is 5.69 Å². The van der Waals surface area contributed by atoms with Crippen molar-refractivity contribution < 1.29 is 13.5 Å². The number of nitrogens with zero attached hydrogens (tertiary/aromatic N) is 2. The Hall–Kier alpha value is -1.66. The molecule has 0 bridgehead atoms. The van der Waals surface area contributed by atoms with Gasteiger partial charge in [-0.15, -0.1) is 0 Å². The molecule has 1 aromatic heterocycles. The van der Waals surface area contributed by atoms with Gasteiger partial charge in [0.1, 0.15) is 6.10 Å². The van der Waals surface area contributed by atoms with E-state index in [0.717, 1.165) is 11.9 Å². The molecule has 19 heavy (non-hydrogen) atoms. The van der Waals surface area contributed by atoms with E-state index in [4.69, 9.17) is 0 Å². The van der Waals surface area contributed by atoms with Crippen molar-refractivity contribution >= 4 is 9.84 Å². The minimum atomic E-state index is -3.32. The fourth-order valence-corrected chi connectivity index (χ4v) is 2.40. The standard InChI is InChI=1S/C13H16N2O3S/c1-10(19(2,17)18)13(16)12-8-9-14-15(12)11-6-4-3-5-7-11/h3-10,13,16H,1-2H3. The van der Waals surface area contributed by atoms with E-state index in [0.29, 0.717) is 5.69 Å². The van der Waals surface area contributed by atoms with Crippen molar-refractivity contribution in [1.29, 1.82) is 0 Å². The predicted molar refractivity (Wildman–Crippen MR) is 72.8 cm³/mol. The van der Waals surface area contributed by atoms with Gasteiger partial charge in [-0.1, -0.05) is 18.2 Å². The zero-order valence-corrected chi connectivity index (χ0v) is 11.6. The van der Waals surface area contributed by atoms with Crippen LogP contribution >= 0.6 is 0 Å². The van der Waals surface area contributed by atoms with Gasteiger partial charge < -0.3 is 5.11 Å². The monoisotopic (exact) mass is 280 g/mol. The van der Waals surface area contributed by atoms with Crippen LogP contribution in [0.4, 0.5) is 0 Å². The van der Waals surface area contributed by atoms with Crippen molar-refractivity contribution in [3.8, 4) is 5.69 Å². The summed E-state index contributed by atoms with van der Waals surface area (Å²) >= 11 is 0. The van der Waals surface area contributed by atoms with Gasteiger partial charge in [-0.05, 0) is 25.1 Å². The summed E-state index contributed by atoms with van der Waals surface area (Å²) in [6.07, 6.45) is 1.54. The lowest BCUT2D eigenvalue weighted by atomic mass is 10.2. The highest BCUT2D eigenvalue weighted by molar-refractivity contribution is 7.91. The third-order valence-electron chi connectivity index (χ3n) is 3.10. The summed E-state index contributed by atoms with van der Waals surface area (Å²) in [5.74, 6) is 0. The molecule has 0 aliphatic carbocycles. The van der Waals surface area contributed by atoms with Gasteiger partial charge in [0.15, 0.2) is 9.84 Å². The van der Waals surface area contributed by atoms with Crippen molar-refractivity contribution in [3.05, 3.63) is 48.3 Å². The van der Waals surface area contributed by atoms with Crippen LogP contribution in [-0.2, 0) is 9.84 Å². The van der Waals surface area contributed by atoms with Gasteiger partial charge in [-0.25, -0.2) is 13.1 Å². The molecule has 0 aliphatic heterocycles. The van der Waals surface area contributed by atoms with Gasteiger partial charge in [0.2, 0.25) is 0 Å². The Morgan fingerprint density at radius 3 is 2.42 bits per heavy atom. The van der Waals surface area contributed by atoms with Crippen LogP contribution in [0, 0.1) is 0 Å². The van der Waals surface area contributed by atoms with Gasteiger partial charge in [0.05, 0.1) is 16.6 Å². The molecule has 5 nitrogen and oxygen atoms in total. The number of aliphatic hydroxyl groups is 1. The van der Waals surface area contributed by atoms with E-state index in [-0.39, 0.29) is 0 Å². The van der Waals surface area contributed by atoms with E-state index in [1.807, 2.05) is 30.3 Å². The zero-order valence-electron chi connectivity index (χ0n) is 10.8. The molecule has 0 aliphatic rings. The summed E-state index contributed by atoms with van der Waals surface area (Å²) in [6, 6.07) is 10.9. The molecule has 1 heterocycles. The van der Waals surface area contributed by atoms with Gasteiger partial charge >= 0.3 is 0 Å². The number of hydrogen-bond acceptors (Lipinski definition) is 4. The Labute approximate surface area is 112 Å². The molecule has 2 aromatic rings. The maximum absolute atomic E-state index is 11.5. The van der Waals surface area contributed by atoms with Gasteiger partial charge in [-0.3, -0.25) is 0 Å². The van der Waals surface area contributed by atoms with E-state index in [9.17, 15) is 13.5 Å². The number of aliphatic hydroxyl groups excluding tert-OH is 1. The summed E-state index contributed by atoms with van der Waals surface area (Å²) in [7, 11) is -3.32.